The maximum atomic E-state index is 12.8. The van der Waals surface area contributed by atoms with E-state index in [1.54, 1.807) is 6.07 Å². The van der Waals surface area contributed by atoms with Crippen LogP contribution in [0.15, 0.2) is 23.2 Å². The minimum atomic E-state index is -0.324. The molecule has 1 aliphatic heterocycles. The zero-order valence-corrected chi connectivity index (χ0v) is 8.31. The van der Waals surface area contributed by atoms with Crippen molar-refractivity contribution in [2.45, 2.75) is 6.42 Å². The first kappa shape index (κ1) is 9.46. The smallest absolute Gasteiger partial charge is 0.129 e. The number of rotatable bonds is 1. The van der Waals surface area contributed by atoms with Crippen molar-refractivity contribution in [2.24, 2.45) is 4.99 Å². The molecule has 0 saturated carbocycles. The van der Waals surface area contributed by atoms with Gasteiger partial charge in [0.15, 0.2) is 0 Å². The third-order valence-corrected chi connectivity index (χ3v) is 2.40. The fourth-order valence-electron chi connectivity index (χ4n) is 1.39. The van der Waals surface area contributed by atoms with E-state index >= 15 is 0 Å². The van der Waals surface area contributed by atoms with E-state index in [2.05, 4.69) is 10.3 Å². The number of hydrogen-bond donors (Lipinski definition) is 1. The highest BCUT2D eigenvalue weighted by molar-refractivity contribution is 6.34. The predicted octanol–water partition coefficient (Wildman–Crippen LogP) is 2.22. The quantitative estimate of drug-likeness (QED) is 0.759. The van der Waals surface area contributed by atoms with Gasteiger partial charge in [-0.3, -0.25) is 4.99 Å². The number of benzene rings is 1. The molecule has 2 rings (SSSR count). The second-order valence-corrected chi connectivity index (χ2v) is 3.54. The van der Waals surface area contributed by atoms with Gasteiger partial charge in [0.2, 0.25) is 0 Å². The normalized spacial score (nSPS) is 16.0. The molecule has 0 saturated heterocycles. The molecule has 1 N–H and O–H groups in total. The molecular weight excluding hydrogens is 203 g/mol. The van der Waals surface area contributed by atoms with Gasteiger partial charge in [0.1, 0.15) is 11.7 Å². The van der Waals surface area contributed by atoms with Crippen molar-refractivity contribution in [1.82, 2.24) is 5.32 Å². The van der Waals surface area contributed by atoms with Crippen molar-refractivity contribution in [3.05, 3.63) is 34.6 Å². The van der Waals surface area contributed by atoms with Gasteiger partial charge in [-0.1, -0.05) is 11.6 Å². The SMILES string of the molecule is Fc1ccc(C2=NCCCN2)c(Cl)c1. The Kier molecular flexibility index (Phi) is 2.68. The molecule has 0 aromatic heterocycles. The fourth-order valence-corrected chi connectivity index (χ4v) is 1.65. The lowest BCUT2D eigenvalue weighted by atomic mass is 10.2. The summed E-state index contributed by atoms with van der Waals surface area (Å²) >= 11 is 5.90. The minimum Gasteiger partial charge on any atom is -0.370 e. The van der Waals surface area contributed by atoms with Crippen LogP contribution in [-0.4, -0.2) is 18.9 Å². The topological polar surface area (TPSA) is 24.4 Å². The Labute approximate surface area is 86.8 Å². The Morgan fingerprint density at radius 3 is 2.93 bits per heavy atom. The van der Waals surface area contributed by atoms with Crippen molar-refractivity contribution < 1.29 is 4.39 Å². The van der Waals surface area contributed by atoms with E-state index in [9.17, 15) is 4.39 Å². The van der Waals surface area contributed by atoms with Crippen molar-refractivity contribution >= 4 is 17.4 Å². The third-order valence-electron chi connectivity index (χ3n) is 2.08. The first-order valence-electron chi connectivity index (χ1n) is 4.51. The molecule has 0 bridgehead atoms. The maximum Gasteiger partial charge on any atom is 0.129 e. The molecule has 0 radical (unpaired) electrons. The lowest BCUT2D eigenvalue weighted by Gasteiger charge is -2.15. The average Bonchev–Trinajstić information content (AvgIpc) is 2.19. The summed E-state index contributed by atoms with van der Waals surface area (Å²) in [7, 11) is 0. The van der Waals surface area contributed by atoms with Gasteiger partial charge in [0.05, 0.1) is 5.02 Å². The second-order valence-electron chi connectivity index (χ2n) is 3.13. The second kappa shape index (κ2) is 3.96. The highest BCUT2D eigenvalue weighted by Crippen LogP contribution is 2.18. The van der Waals surface area contributed by atoms with E-state index in [0.29, 0.717) is 5.02 Å². The van der Waals surface area contributed by atoms with Gasteiger partial charge in [-0.05, 0) is 24.6 Å². The molecule has 74 valence electrons. The van der Waals surface area contributed by atoms with E-state index in [1.165, 1.54) is 12.1 Å². The molecule has 0 atom stereocenters. The number of nitrogens with one attached hydrogen (secondary N) is 1. The first-order chi connectivity index (χ1) is 6.77. The molecule has 0 fully saturated rings. The summed E-state index contributed by atoms with van der Waals surface area (Å²) < 4.78 is 12.8. The number of halogens is 2. The van der Waals surface area contributed by atoms with Gasteiger partial charge < -0.3 is 5.32 Å². The first-order valence-corrected chi connectivity index (χ1v) is 4.89. The number of aliphatic imine (C=N–C) groups is 1. The molecule has 1 aliphatic rings. The number of amidine groups is 1. The summed E-state index contributed by atoms with van der Waals surface area (Å²) in [5.74, 6) is 0.441. The van der Waals surface area contributed by atoms with Gasteiger partial charge in [-0.25, -0.2) is 4.39 Å². The Bertz CT molecular complexity index is 376. The van der Waals surface area contributed by atoms with Crippen molar-refractivity contribution in [3.63, 3.8) is 0 Å². The van der Waals surface area contributed by atoms with E-state index in [-0.39, 0.29) is 5.82 Å². The Morgan fingerprint density at radius 1 is 1.43 bits per heavy atom. The largest absolute Gasteiger partial charge is 0.370 e. The predicted molar refractivity (Wildman–Crippen MR) is 55.4 cm³/mol. The van der Waals surface area contributed by atoms with Crippen molar-refractivity contribution in [2.75, 3.05) is 13.1 Å². The van der Waals surface area contributed by atoms with Gasteiger partial charge in [0.25, 0.3) is 0 Å². The monoisotopic (exact) mass is 212 g/mol. The van der Waals surface area contributed by atoms with Crippen LogP contribution in [0.5, 0.6) is 0 Å². The standard InChI is InChI=1S/C10H10ClFN2/c11-9-6-7(12)2-3-8(9)10-13-4-1-5-14-10/h2-3,6H,1,4-5H2,(H,13,14). The minimum absolute atomic E-state index is 0.324. The van der Waals surface area contributed by atoms with Crippen LogP contribution >= 0.6 is 11.6 Å². The van der Waals surface area contributed by atoms with E-state index in [4.69, 9.17) is 11.6 Å². The maximum absolute atomic E-state index is 12.8. The van der Waals surface area contributed by atoms with Gasteiger partial charge in [0, 0.05) is 18.7 Å². The summed E-state index contributed by atoms with van der Waals surface area (Å²) in [4.78, 5) is 4.29. The summed E-state index contributed by atoms with van der Waals surface area (Å²) in [6, 6.07) is 4.34. The zero-order chi connectivity index (χ0) is 9.97. The van der Waals surface area contributed by atoms with Crippen LogP contribution in [0.1, 0.15) is 12.0 Å². The van der Waals surface area contributed by atoms with Crippen LogP contribution in [0.25, 0.3) is 0 Å². The molecule has 0 amide bonds. The number of hydrogen-bond acceptors (Lipinski definition) is 2. The third kappa shape index (κ3) is 1.87. The Hall–Kier alpha value is -1.09. The van der Waals surface area contributed by atoms with Crippen LogP contribution in [0.3, 0.4) is 0 Å². The molecule has 14 heavy (non-hydrogen) atoms. The molecule has 2 nitrogen and oxygen atoms in total. The molecule has 1 aromatic rings. The van der Waals surface area contributed by atoms with Crippen molar-refractivity contribution in [1.29, 1.82) is 0 Å². The molecule has 1 aromatic carbocycles. The Morgan fingerprint density at radius 2 is 2.29 bits per heavy atom. The van der Waals surface area contributed by atoms with Gasteiger partial charge >= 0.3 is 0 Å². The molecule has 0 unspecified atom stereocenters. The Balaban J connectivity index is 2.35. The summed E-state index contributed by atoms with van der Waals surface area (Å²) in [5.41, 5.74) is 0.771. The zero-order valence-electron chi connectivity index (χ0n) is 7.56. The number of nitrogens with zero attached hydrogens (tertiary/aromatic N) is 1. The lowest BCUT2D eigenvalue weighted by Crippen LogP contribution is -2.30. The summed E-state index contributed by atoms with van der Waals surface area (Å²) in [6.45, 7) is 1.70. The average molecular weight is 213 g/mol. The highest BCUT2D eigenvalue weighted by Gasteiger charge is 2.10. The van der Waals surface area contributed by atoms with Crippen LogP contribution in [0.2, 0.25) is 5.02 Å². The molecular formula is C10H10ClFN2. The van der Waals surface area contributed by atoms with Crippen LogP contribution < -0.4 is 5.32 Å². The lowest BCUT2D eigenvalue weighted by molar-refractivity contribution is 0.627. The van der Waals surface area contributed by atoms with Crippen LogP contribution in [0.4, 0.5) is 4.39 Å². The molecule has 0 aliphatic carbocycles. The van der Waals surface area contributed by atoms with Gasteiger partial charge in [-0.15, -0.1) is 0 Å². The fraction of sp³-hybridized carbons (Fsp3) is 0.300. The van der Waals surface area contributed by atoms with Crippen molar-refractivity contribution in [3.8, 4) is 0 Å². The van der Waals surface area contributed by atoms with Crippen LogP contribution in [0, 0.1) is 5.82 Å². The van der Waals surface area contributed by atoms with E-state index in [1.807, 2.05) is 0 Å². The summed E-state index contributed by atoms with van der Waals surface area (Å²) in [5, 5.41) is 3.54. The molecule has 0 spiro atoms. The summed E-state index contributed by atoms with van der Waals surface area (Å²) in [6.07, 6.45) is 1.03. The van der Waals surface area contributed by atoms with E-state index < -0.39 is 0 Å². The molecule has 1 heterocycles. The molecule has 4 heteroatoms. The van der Waals surface area contributed by atoms with Gasteiger partial charge in [-0.2, -0.15) is 0 Å². The highest BCUT2D eigenvalue weighted by atomic mass is 35.5. The van der Waals surface area contributed by atoms with E-state index in [0.717, 1.165) is 30.9 Å². The van der Waals surface area contributed by atoms with Crippen LogP contribution in [-0.2, 0) is 0 Å².